The van der Waals surface area contributed by atoms with Gasteiger partial charge in [-0.2, -0.15) is 0 Å². The smallest absolute Gasteiger partial charge is 0.145 e. The second kappa shape index (κ2) is 4.60. The van der Waals surface area contributed by atoms with Crippen molar-refractivity contribution in [2.24, 2.45) is 0 Å². The normalized spacial score (nSPS) is 20.1. The largest absolute Gasteiger partial charge is 0.495 e. The maximum absolute atomic E-state index is 14.1. The Labute approximate surface area is 99.7 Å². The third-order valence-corrected chi connectivity index (χ3v) is 3.28. The molecule has 88 valence electrons. The van der Waals surface area contributed by atoms with Gasteiger partial charge in [-0.05, 0) is 37.9 Å². The van der Waals surface area contributed by atoms with Crippen LogP contribution in [-0.4, -0.2) is 13.7 Å². The number of hydrogen-bond acceptors (Lipinski definition) is 2. The number of halogens is 2. The molecule has 0 saturated carbocycles. The molecule has 0 spiro atoms. The topological polar surface area (TPSA) is 21.3 Å². The van der Waals surface area contributed by atoms with Gasteiger partial charge in [0.05, 0.1) is 12.1 Å². The van der Waals surface area contributed by atoms with Gasteiger partial charge in [0.2, 0.25) is 0 Å². The predicted molar refractivity (Wildman–Crippen MR) is 62.7 cm³/mol. The molecule has 0 aromatic heterocycles. The van der Waals surface area contributed by atoms with Gasteiger partial charge >= 0.3 is 0 Å². The minimum Gasteiger partial charge on any atom is -0.495 e. The highest BCUT2D eigenvalue weighted by atomic mass is 35.5. The molecule has 2 rings (SSSR count). The molecule has 1 saturated heterocycles. The van der Waals surface area contributed by atoms with E-state index in [1.54, 1.807) is 13.0 Å². The fourth-order valence-corrected chi connectivity index (χ4v) is 2.55. The molecule has 1 fully saturated rings. The minimum absolute atomic E-state index is 0.0207. The molecule has 0 aliphatic carbocycles. The fraction of sp³-hybridized carbons (Fsp3) is 0.500. The molecule has 1 aromatic rings. The maximum atomic E-state index is 14.1. The lowest BCUT2D eigenvalue weighted by Gasteiger charge is -2.18. The Morgan fingerprint density at radius 2 is 2.31 bits per heavy atom. The lowest BCUT2D eigenvalue weighted by Crippen LogP contribution is -2.16. The average molecular weight is 244 g/mol. The van der Waals surface area contributed by atoms with E-state index >= 15 is 0 Å². The van der Waals surface area contributed by atoms with Gasteiger partial charge in [0.15, 0.2) is 0 Å². The summed E-state index contributed by atoms with van der Waals surface area (Å²) in [6.07, 6.45) is 1.98. The summed E-state index contributed by atoms with van der Waals surface area (Å²) in [6, 6.07) is 1.63. The Morgan fingerprint density at radius 1 is 1.56 bits per heavy atom. The van der Waals surface area contributed by atoms with Gasteiger partial charge in [0.1, 0.15) is 11.6 Å². The van der Waals surface area contributed by atoms with Crippen LogP contribution in [0.2, 0.25) is 5.02 Å². The first kappa shape index (κ1) is 11.7. The minimum atomic E-state index is -0.208. The van der Waals surface area contributed by atoms with Gasteiger partial charge in [-0.25, -0.2) is 4.39 Å². The fourth-order valence-electron chi connectivity index (χ4n) is 2.21. The third-order valence-electron chi connectivity index (χ3n) is 3.00. The van der Waals surface area contributed by atoms with Crippen LogP contribution in [-0.2, 0) is 0 Å². The number of methoxy groups -OCH3 is 1. The van der Waals surface area contributed by atoms with Gasteiger partial charge in [-0.3, -0.25) is 0 Å². The van der Waals surface area contributed by atoms with Crippen molar-refractivity contribution in [2.75, 3.05) is 13.7 Å². The molecule has 2 nitrogen and oxygen atoms in total. The van der Waals surface area contributed by atoms with Crippen molar-refractivity contribution in [1.29, 1.82) is 0 Å². The van der Waals surface area contributed by atoms with E-state index in [9.17, 15) is 4.39 Å². The van der Waals surface area contributed by atoms with Crippen molar-refractivity contribution in [2.45, 2.75) is 25.8 Å². The SMILES string of the molecule is COc1c(Cl)cc(C)c(F)c1C1CCCN1. The molecule has 1 heterocycles. The predicted octanol–water partition coefficient (Wildman–Crippen LogP) is 3.22. The highest BCUT2D eigenvalue weighted by Crippen LogP contribution is 2.39. The number of nitrogens with one attached hydrogen (secondary N) is 1. The Bertz CT molecular complexity index is 402. The highest BCUT2D eigenvalue weighted by molar-refractivity contribution is 6.32. The summed E-state index contributed by atoms with van der Waals surface area (Å²) in [5.41, 5.74) is 1.14. The van der Waals surface area contributed by atoms with Crippen molar-refractivity contribution in [3.63, 3.8) is 0 Å². The summed E-state index contributed by atoms with van der Waals surface area (Å²) in [6.45, 7) is 2.64. The molecule has 0 amide bonds. The number of ether oxygens (including phenoxy) is 1. The second-order valence-electron chi connectivity index (χ2n) is 4.09. The summed E-state index contributed by atoms with van der Waals surface area (Å²) in [7, 11) is 1.52. The van der Waals surface area contributed by atoms with Crippen LogP contribution in [0.5, 0.6) is 5.75 Å². The zero-order valence-electron chi connectivity index (χ0n) is 9.44. The van der Waals surface area contributed by atoms with Crippen LogP contribution >= 0.6 is 11.6 Å². The summed E-state index contributed by atoms with van der Waals surface area (Å²) < 4.78 is 19.3. The molecular formula is C12H15ClFNO. The zero-order valence-corrected chi connectivity index (χ0v) is 10.2. The monoisotopic (exact) mass is 243 g/mol. The van der Waals surface area contributed by atoms with Crippen LogP contribution in [0.4, 0.5) is 4.39 Å². The zero-order chi connectivity index (χ0) is 11.7. The van der Waals surface area contributed by atoms with Gasteiger partial charge in [-0.1, -0.05) is 11.6 Å². The second-order valence-corrected chi connectivity index (χ2v) is 4.49. The molecule has 1 N–H and O–H groups in total. The van der Waals surface area contributed by atoms with Crippen LogP contribution in [0, 0.1) is 12.7 Å². The Kier molecular flexibility index (Phi) is 3.36. The van der Waals surface area contributed by atoms with Crippen molar-refractivity contribution < 1.29 is 9.13 Å². The van der Waals surface area contributed by atoms with E-state index in [2.05, 4.69) is 5.32 Å². The quantitative estimate of drug-likeness (QED) is 0.861. The number of benzene rings is 1. The van der Waals surface area contributed by atoms with Crippen LogP contribution in [0.3, 0.4) is 0 Å². The first-order valence-electron chi connectivity index (χ1n) is 5.41. The van der Waals surface area contributed by atoms with E-state index in [-0.39, 0.29) is 11.9 Å². The maximum Gasteiger partial charge on any atom is 0.145 e. The van der Waals surface area contributed by atoms with Gasteiger partial charge in [0, 0.05) is 11.6 Å². The van der Waals surface area contributed by atoms with Crippen molar-refractivity contribution >= 4 is 11.6 Å². The Morgan fingerprint density at radius 3 is 2.88 bits per heavy atom. The molecule has 1 aromatic carbocycles. The van der Waals surface area contributed by atoms with E-state index in [0.29, 0.717) is 21.9 Å². The van der Waals surface area contributed by atoms with Crippen LogP contribution in [0.1, 0.15) is 30.0 Å². The molecule has 1 unspecified atom stereocenters. The average Bonchev–Trinajstić information content (AvgIpc) is 2.76. The van der Waals surface area contributed by atoms with Crippen molar-refractivity contribution in [1.82, 2.24) is 5.32 Å². The Balaban J connectivity index is 2.54. The number of aryl methyl sites for hydroxylation is 1. The summed E-state index contributed by atoms with van der Waals surface area (Å²) >= 11 is 6.07. The van der Waals surface area contributed by atoms with Crippen LogP contribution < -0.4 is 10.1 Å². The van der Waals surface area contributed by atoms with E-state index in [4.69, 9.17) is 16.3 Å². The molecule has 1 aliphatic heterocycles. The van der Waals surface area contributed by atoms with Gasteiger partial charge in [-0.15, -0.1) is 0 Å². The first-order valence-corrected chi connectivity index (χ1v) is 5.78. The first-order chi connectivity index (χ1) is 7.65. The molecule has 4 heteroatoms. The number of hydrogen-bond donors (Lipinski definition) is 1. The lowest BCUT2D eigenvalue weighted by molar-refractivity contribution is 0.395. The van der Waals surface area contributed by atoms with E-state index in [0.717, 1.165) is 19.4 Å². The van der Waals surface area contributed by atoms with Crippen molar-refractivity contribution in [3.8, 4) is 5.75 Å². The summed E-state index contributed by atoms with van der Waals surface area (Å²) in [4.78, 5) is 0. The van der Waals surface area contributed by atoms with E-state index < -0.39 is 0 Å². The molecular weight excluding hydrogens is 229 g/mol. The highest BCUT2D eigenvalue weighted by Gasteiger charge is 2.26. The lowest BCUT2D eigenvalue weighted by atomic mass is 10.0. The molecule has 16 heavy (non-hydrogen) atoms. The Hall–Kier alpha value is -0.800. The van der Waals surface area contributed by atoms with Crippen molar-refractivity contribution in [3.05, 3.63) is 28.0 Å². The van der Waals surface area contributed by atoms with Gasteiger partial charge < -0.3 is 10.1 Å². The standard InChI is InChI=1S/C12H15ClFNO/c1-7-6-8(13)12(16-2)10(11(7)14)9-4-3-5-15-9/h6,9,15H,3-5H2,1-2H3. The van der Waals surface area contributed by atoms with E-state index in [1.807, 2.05) is 0 Å². The third kappa shape index (κ3) is 1.89. The van der Waals surface area contributed by atoms with Gasteiger partial charge in [0.25, 0.3) is 0 Å². The summed E-state index contributed by atoms with van der Waals surface area (Å²) in [5.74, 6) is 0.254. The van der Waals surface area contributed by atoms with E-state index in [1.165, 1.54) is 7.11 Å². The van der Waals surface area contributed by atoms with Crippen LogP contribution in [0.15, 0.2) is 6.07 Å². The molecule has 0 radical (unpaired) electrons. The molecule has 0 bridgehead atoms. The van der Waals surface area contributed by atoms with Crippen LogP contribution in [0.25, 0.3) is 0 Å². The molecule has 1 atom stereocenters. The summed E-state index contributed by atoms with van der Waals surface area (Å²) in [5, 5.41) is 3.74. The number of rotatable bonds is 2. The molecule has 1 aliphatic rings.